The monoisotopic (exact) mass is 309 g/mol. The molecule has 0 radical (unpaired) electrons. The molecule has 1 fully saturated rings. The van der Waals surface area contributed by atoms with Crippen LogP contribution in [-0.4, -0.2) is 30.3 Å². The van der Waals surface area contributed by atoms with Gasteiger partial charge in [-0.25, -0.2) is 9.78 Å². The standard InChI is InChI=1S/C16H20ClNO3/c17-15-12-13(8-9-18-15)6-7-16(19)21-11-3-10-20-14-4-1-2-5-14/h6-9,12,14H,1-5,10-11H2/b7-6+. The average molecular weight is 310 g/mol. The smallest absolute Gasteiger partial charge is 0.330 e. The number of ether oxygens (including phenoxy) is 2. The summed E-state index contributed by atoms with van der Waals surface area (Å²) >= 11 is 5.76. The third-order valence-corrected chi connectivity index (χ3v) is 3.56. The molecule has 0 bridgehead atoms. The van der Waals surface area contributed by atoms with E-state index in [4.69, 9.17) is 21.1 Å². The van der Waals surface area contributed by atoms with E-state index in [2.05, 4.69) is 4.98 Å². The second-order valence-corrected chi connectivity index (χ2v) is 5.43. The van der Waals surface area contributed by atoms with E-state index >= 15 is 0 Å². The van der Waals surface area contributed by atoms with E-state index in [0.29, 0.717) is 24.5 Å². The molecule has 0 amide bonds. The molecule has 0 atom stereocenters. The number of hydrogen-bond acceptors (Lipinski definition) is 4. The molecule has 1 saturated carbocycles. The van der Waals surface area contributed by atoms with Crippen LogP contribution in [0.5, 0.6) is 0 Å². The van der Waals surface area contributed by atoms with Gasteiger partial charge in [0.05, 0.1) is 19.3 Å². The zero-order chi connectivity index (χ0) is 14.9. The molecule has 1 aromatic heterocycles. The second kappa shape index (κ2) is 8.80. The van der Waals surface area contributed by atoms with Crippen LogP contribution in [0.1, 0.15) is 37.7 Å². The van der Waals surface area contributed by atoms with Crippen molar-refractivity contribution < 1.29 is 14.3 Å². The highest BCUT2D eigenvalue weighted by molar-refractivity contribution is 6.29. The molecule has 114 valence electrons. The maximum atomic E-state index is 11.5. The highest BCUT2D eigenvalue weighted by atomic mass is 35.5. The van der Waals surface area contributed by atoms with Crippen molar-refractivity contribution in [1.82, 2.24) is 4.98 Å². The van der Waals surface area contributed by atoms with Crippen LogP contribution in [0.2, 0.25) is 5.15 Å². The number of carbonyl (C=O) groups is 1. The predicted octanol–water partition coefficient (Wildman–Crippen LogP) is 3.64. The van der Waals surface area contributed by atoms with E-state index in [1.807, 2.05) is 0 Å². The maximum absolute atomic E-state index is 11.5. The molecule has 1 aliphatic rings. The Morgan fingerprint density at radius 1 is 1.38 bits per heavy atom. The van der Waals surface area contributed by atoms with Crippen molar-refractivity contribution in [3.05, 3.63) is 35.1 Å². The molecule has 2 rings (SSSR count). The van der Waals surface area contributed by atoms with E-state index in [0.717, 1.165) is 24.8 Å². The largest absolute Gasteiger partial charge is 0.462 e. The molecular formula is C16H20ClNO3. The number of esters is 1. The first-order valence-corrected chi connectivity index (χ1v) is 7.70. The minimum Gasteiger partial charge on any atom is -0.462 e. The van der Waals surface area contributed by atoms with Crippen molar-refractivity contribution in [2.45, 2.75) is 38.2 Å². The first kappa shape index (κ1) is 16.0. The van der Waals surface area contributed by atoms with E-state index in [1.54, 1.807) is 24.4 Å². The summed E-state index contributed by atoms with van der Waals surface area (Å²) in [6.07, 6.45) is 10.7. The van der Waals surface area contributed by atoms with Crippen molar-refractivity contribution in [3.8, 4) is 0 Å². The van der Waals surface area contributed by atoms with Crippen molar-refractivity contribution in [3.63, 3.8) is 0 Å². The van der Waals surface area contributed by atoms with Gasteiger partial charge in [-0.05, 0) is 36.6 Å². The highest BCUT2D eigenvalue weighted by Gasteiger charge is 2.14. The van der Waals surface area contributed by atoms with Crippen LogP contribution < -0.4 is 0 Å². The van der Waals surface area contributed by atoms with Crippen molar-refractivity contribution in [1.29, 1.82) is 0 Å². The summed E-state index contributed by atoms with van der Waals surface area (Å²) in [4.78, 5) is 15.4. The van der Waals surface area contributed by atoms with Crippen LogP contribution in [0.4, 0.5) is 0 Å². The van der Waals surface area contributed by atoms with Crippen LogP contribution in [0, 0.1) is 0 Å². The molecule has 1 aromatic rings. The second-order valence-electron chi connectivity index (χ2n) is 5.04. The first-order chi connectivity index (χ1) is 10.2. The van der Waals surface area contributed by atoms with Gasteiger partial charge >= 0.3 is 5.97 Å². The quantitative estimate of drug-likeness (QED) is 0.334. The maximum Gasteiger partial charge on any atom is 0.330 e. The van der Waals surface area contributed by atoms with E-state index in [9.17, 15) is 4.79 Å². The number of pyridine rings is 1. The van der Waals surface area contributed by atoms with Gasteiger partial charge in [-0.15, -0.1) is 0 Å². The van der Waals surface area contributed by atoms with Gasteiger partial charge in [-0.2, -0.15) is 0 Å². The number of hydrogen-bond donors (Lipinski definition) is 0. The van der Waals surface area contributed by atoms with Crippen LogP contribution in [0.3, 0.4) is 0 Å². The molecule has 5 heteroatoms. The summed E-state index contributed by atoms with van der Waals surface area (Å²) in [5.74, 6) is -0.358. The SMILES string of the molecule is O=C(/C=C/c1ccnc(Cl)c1)OCCCOC1CCCC1. The number of carbonyl (C=O) groups excluding carboxylic acids is 1. The topological polar surface area (TPSA) is 48.4 Å². The van der Waals surface area contributed by atoms with Gasteiger partial charge in [0.2, 0.25) is 0 Å². The molecule has 21 heavy (non-hydrogen) atoms. The Bertz CT molecular complexity index is 484. The fourth-order valence-corrected chi connectivity index (χ4v) is 2.45. The lowest BCUT2D eigenvalue weighted by Crippen LogP contribution is -2.11. The van der Waals surface area contributed by atoms with Crippen LogP contribution >= 0.6 is 11.6 Å². The Balaban J connectivity index is 1.58. The number of halogens is 1. The zero-order valence-corrected chi connectivity index (χ0v) is 12.7. The highest BCUT2D eigenvalue weighted by Crippen LogP contribution is 2.20. The van der Waals surface area contributed by atoms with Gasteiger partial charge < -0.3 is 9.47 Å². The molecule has 4 nitrogen and oxygen atoms in total. The normalized spacial score (nSPS) is 15.7. The molecule has 0 unspecified atom stereocenters. The van der Waals surface area contributed by atoms with Gasteiger partial charge in [0, 0.05) is 18.7 Å². The molecule has 0 aromatic carbocycles. The van der Waals surface area contributed by atoms with E-state index in [1.165, 1.54) is 18.9 Å². The fraction of sp³-hybridized carbons (Fsp3) is 0.500. The van der Waals surface area contributed by atoms with Crippen LogP contribution in [-0.2, 0) is 14.3 Å². The van der Waals surface area contributed by atoms with Gasteiger partial charge in [0.1, 0.15) is 5.15 Å². The Kier molecular flexibility index (Phi) is 6.70. The molecule has 0 saturated heterocycles. The summed E-state index contributed by atoms with van der Waals surface area (Å²) < 4.78 is 10.8. The Morgan fingerprint density at radius 3 is 2.95 bits per heavy atom. The minimum absolute atomic E-state index is 0.358. The first-order valence-electron chi connectivity index (χ1n) is 7.32. The molecule has 0 aliphatic heterocycles. The summed E-state index contributed by atoms with van der Waals surface area (Å²) in [5, 5.41) is 0.398. The van der Waals surface area contributed by atoms with Crippen LogP contribution in [0.25, 0.3) is 6.08 Å². The molecule has 0 spiro atoms. The van der Waals surface area contributed by atoms with E-state index in [-0.39, 0.29) is 5.97 Å². The summed E-state index contributed by atoms with van der Waals surface area (Å²) in [7, 11) is 0. The summed E-state index contributed by atoms with van der Waals surface area (Å²) in [5.41, 5.74) is 0.816. The average Bonchev–Trinajstić information content (AvgIpc) is 2.98. The van der Waals surface area contributed by atoms with E-state index < -0.39 is 0 Å². The molecule has 0 N–H and O–H groups in total. The van der Waals surface area contributed by atoms with Gasteiger partial charge in [0.15, 0.2) is 0 Å². The zero-order valence-electron chi connectivity index (χ0n) is 12.0. The molecular weight excluding hydrogens is 290 g/mol. The minimum atomic E-state index is -0.358. The lowest BCUT2D eigenvalue weighted by molar-refractivity contribution is -0.138. The number of aromatic nitrogens is 1. The van der Waals surface area contributed by atoms with Gasteiger partial charge in [0.25, 0.3) is 0 Å². The van der Waals surface area contributed by atoms with Crippen molar-refractivity contribution in [2.75, 3.05) is 13.2 Å². The Hall–Kier alpha value is -1.39. The summed E-state index contributed by atoms with van der Waals surface area (Å²) in [6.45, 7) is 1.04. The van der Waals surface area contributed by atoms with Gasteiger partial charge in [-0.1, -0.05) is 24.4 Å². The number of rotatable bonds is 7. The predicted molar refractivity (Wildman–Crippen MR) is 82.1 cm³/mol. The number of nitrogens with zero attached hydrogens (tertiary/aromatic N) is 1. The van der Waals surface area contributed by atoms with Crippen LogP contribution in [0.15, 0.2) is 24.4 Å². The fourth-order valence-electron chi connectivity index (χ4n) is 2.27. The molecule has 1 aliphatic carbocycles. The van der Waals surface area contributed by atoms with Crippen molar-refractivity contribution >= 4 is 23.6 Å². The molecule has 1 heterocycles. The third kappa shape index (κ3) is 6.27. The summed E-state index contributed by atoms with van der Waals surface area (Å²) in [6, 6.07) is 3.45. The lowest BCUT2D eigenvalue weighted by atomic mass is 10.2. The van der Waals surface area contributed by atoms with Crippen molar-refractivity contribution in [2.24, 2.45) is 0 Å². The lowest BCUT2D eigenvalue weighted by Gasteiger charge is -2.10. The Labute approximate surface area is 130 Å². The Morgan fingerprint density at radius 2 is 2.19 bits per heavy atom. The van der Waals surface area contributed by atoms with Gasteiger partial charge in [-0.3, -0.25) is 0 Å². The third-order valence-electron chi connectivity index (χ3n) is 3.35.